The third kappa shape index (κ3) is 4.04. The van der Waals surface area contributed by atoms with Gasteiger partial charge in [0, 0.05) is 36.9 Å². The van der Waals surface area contributed by atoms with Crippen LogP contribution in [-0.4, -0.2) is 41.8 Å². The molecule has 0 atom stereocenters. The van der Waals surface area contributed by atoms with Gasteiger partial charge in [-0.05, 0) is 44.1 Å². The van der Waals surface area contributed by atoms with Crippen LogP contribution in [0.5, 0.6) is 0 Å². The van der Waals surface area contributed by atoms with Crippen molar-refractivity contribution in [2.24, 2.45) is 5.92 Å². The maximum atomic E-state index is 12.7. The number of nitrogens with zero attached hydrogens (tertiary/aromatic N) is 2. The lowest BCUT2D eigenvalue weighted by Gasteiger charge is -2.39. The van der Waals surface area contributed by atoms with E-state index in [1.54, 1.807) is 0 Å². The number of morpholine rings is 1. The second-order valence-electron chi connectivity index (χ2n) is 7.45. The molecule has 1 saturated carbocycles. The Kier molecular flexibility index (Phi) is 5.54. The van der Waals surface area contributed by atoms with Crippen LogP contribution in [0.3, 0.4) is 0 Å². The third-order valence-electron chi connectivity index (χ3n) is 5.30. The monoisotopic (exact) mass is 318 g/mol. The average molecular weight is 318 g/mol. The van der Waals surface area contributed by atoms with Gasteiger partial charge >= 0.3 is 0 Å². The zero-order valence-electron chi connectivity index (χ0n) is 14.5. The molecular weight excluding hydrogens is 288 g/mol. The number of ether oxygens (including phenoxy) is 1. The van der Waals surface area contributed by atoms with E-state index < -0.39 is 0 Å². The van der Waals surface area contributed by atoms with Crippen LogP contribution in [-0.2, 0) is 11.2 Å². The van der Waals surface area contributed by atoms with E-state index in [2.05, 4.69) is 18.7 Å². The molecule has 23 heavy (non-hydrogen) atoms. The standard InChI is InChI=1S/C19H30N2O2/c1-15(2)14-16-4-3-9-21(19(16)22)18-7-5-17(6-8-18)20-10-12-23-13-11-20/h3-4,9,15,17-18H,5-8,10-14H2,1-2H3. The van der Waals surface area contributed by atoms with Gasteiger partial charge in [0.1, 0.15) is 0 Å². The van der Waals surface area contributed by atoms with E-state index >= 15 is 0 Å². The van der Waals surface area contributed by atoms with E-state index in [4.69, 9.17) is 4.74 Å². The SMILES string of the molecule is CC(C)Cc1cccn(C2CCC(N3CCOCC3)CC2)c1=O. The summed E-state index contributed by atoms with van der Waals surface area (Å²) in [6.45, 7) is 8.22. The molecule has 4 nitrogen and oxygen atoms in total. The van der Waals surface area contributed by atoms with Crippen LogP contribution in [0.1, 0.15) is 51.1 Å². The summed E-state index contributed by atoms with van der Waals surface area (Å²) in [5.41, 5.74) is 1.20. The molecule has 1 saturated heterocycles. The first-order chi connectivity index (χ1) is 11.1. The van der Waals surface area contributed by atoms with Gasteiger partial charge in [0.2, 0.25) is 0 Å². The smallest absolute Gasteiger partial charge is 0.253 e. The van der Waals surface area contributed by atoms with Crippen molar-refractivity contribution in [3.8, 4) is 0 Å². The summed E-state index contributed by atoms with van der Waals surface area (Å²) in [5, 5.41) is 0. The molecule has 3 rings (SSSR count). The number of hydrogen-bond acceptors (Lipinski definition) is 3. The summed E-state index contributed by atoms with van der Waals surface area (Å²) in [7, 11) is 0. The zero-order valence-corrected chi connectivity index (χ0v) is 14.5. The molecule has 0 amide bonds. The normalized spacial score (nSPS) is 26.6. The highest BCUT2D eigenvalue weighted by molar-refractivity contribution is 5.12. The Morgan fingerprint density at radius 3 is 2.43 bits per heavy atom. The van der Waals surface area contributed by atoms with Gasteiger partial charge in [-0.2, -0.15) is 0 Å². The molecule has 0 unspecified atom stereocenters. The molecule has 128 valence electrons. The van der Waals surface area contributed by atoms with Crippen molar-refractivity contribution < 1.29 is 4.74 Å². The highest BCUT2D eigenvalue weighted by Crippen LogP contribution is 2.30. The van der Waals surface area contributed by atoms with Gasteiger partial charge in [-0.25, -0.2) is 0 Å². The summed E-state index contributed by atoms with van der Waals surface area (Å²) in [4.78, 5) is 15.3. The van der Waals surface area contributed by atoms with Crippen LogP contribution in [0.2, 0.25) is 0 Å². The lowest BCUT2D eigenvalue weighted by molar-refractivity contribution is 0.00534. The fourth-order valence-electron chi connectivity index (χ4n) is 4.08. The summed E-state index contributed by atoms with van der Waals surface area (Å²) in [6.07, 6.45) is 7.51. The second-order valence-corrected chi connectivity index (χ2v) is 7.45. The maximum absolute atomic E-state index is 12.7. The van der Waals surface area contributed by atoms with Crippen LogP contribution in [0, 0.1) is 5.92 Å². The topological polar surface area (TPSA) is 34.5 Å². The van der Waals surface area contributed by atoms with Crippen LogP contribution < -0.4 is 5.56 Å². The maximum Gasteiger partial charge on any atom is 0.253 e. The zero-order chi connectivity index (χ0) is 16.2. The van der Waals surface area contributed by atoms with Gasteiger partial charge in [0.15, 0.2) is 0 Å². The summed E-state index contributed by atoms with van der Waals surface area (Å²) < 4.78 is 7.46. The molecule has 4 heteroatoms. The number of aromatic nitrogens is 1. The minimum Gasteiger partial charge on any atom is -0.379 e. The van der Waals surface area contributed by atoms with Crippen LogP contribution in [0.25, 0.3) is 0 Å². The first-order valence-electron chi connectivity index (χ1n) is 9.17. The van der Waals surface area contributed by atoms with E-state index in [-0.39, 0.29) is 5.56 Å². The molecule has 0 bridgehead atoms. The number of rotatable bonds is 4. The van der Waals surface area contributed by atoms with E-state index in [0.717, 1.165) is 51.1 Å². The number of hydrogen-bond donors (Lipinski definition) is 0. The first-order valence-corrected chi connectivity index (χ1v) is 9.17. The van der Waals surface area contributed by atoms with E-state index in [1.807, 2.05) is 22.9 Å². The van der Waals surface area contributed by atoms with Gasteiger partial charge in [0.05, 0.1) is 13.2 Å². The molecule has 1 aliphatic carbocycles. The van der Waals surface area contributed by atoms with Gasteiger partial charge in [-0.1, -0.05) is 19.9 Å². The van der Waals surface area contributed by atoms with Gasteiger partial charge in [0.25, 0.3) is 5.56 Å². The van der Waals surface area contributed by atoms with Crippen molar-refractivity contribution in [2.75, 3.05) is 26.3 Å². The third-order valence-corrected chi connectivity index (χ3v) is 5.30. The molecule has 2 aliphatic rings. The van der Waals surface area contributed by atoms with E-state index in [9.17, 15) is 4.79 Å². The van der Waals surface area contributed by atoms with Gasteiger partial charge < -0.3 is 9.30 Å². The highest BCUT2D eigenvalue weighted by atomic mass is 16.5. The predicted molar refractivity (Wildman–Crippen MR) is 92.9 cm³/mol. The molecule has 0 aromatic carbocycles. The fourth-order valence-corrected chi connectivity index (χ4v) is 4.08. The summed E-state index contributed by atoms with van der Waals surface area (Å²) >= 11 is 0. The Morgan fingerprint density at radius 1 is 1.13 bits per heavy atom. The molecular formula is C19H30N2O2. The highest BCUT2D eigenvalue weighted by Gasteiger charge is 2.28. The summed E-state index contributed by atoms with van der Waals surface area (Å²) in [5.74, 6) is 0.524. The van der Waals surface area contributed by atoms with Crippen molar-refractivity contribution in [3.63, 3.8) is 0 Å². The van der Waals surface area contributed by atoms with Crippen molar-refractivity contribution in [1.29, 1.82) is 0 Å². The molecule has 2 heterocycles. The van der Waals surface area contributed by atoms with Crippen LogP contribution in [0.4, 0.5) is 0 Å². The minimum absolute atomic E-state index is 0.232. The second kappa shape index (κ2) is 7.63. The van der Waals surface area contributed by atoms with Crippen molar-refractivity contribution >= 4 is 0 Å². The summed E-state index contributed by atoms with van der Waals surface area (Å²) in [6, 6.07) is 5.11. The largest absolute Gasteiger partial charge is 0.379 e. The molecule has 2 fully saturated rings. The van der Waals surface area contributed by atoms with E-state index in [1.165, 1.54) is 12.8 Å². The quantitative estimate of drug-likeness (QED) is 0.856. The van der Waals surface area contributed by atoms with Crippen LogP contribution >= 0.6 is 0 Å². The minimum atomic E-state index is 0.232. The Labute approximate surface area is 139 Å². The Balaban J connectivity index is 1.64. The predicted octanol–water partition coefficient (Wildman–Crippen LogP) is 2.86. The lowest BCUT2D eigenvalue weighted by Crippen LogP contribution is -2.45. The van der Waals surface area contributed by atoms with Crippen molar-refractivity contribution in [3.05, 3.63) is 34.2 Å². The first kappa shape index (κ1) is 16.7. The fraction of sp³-hybridized carbons (Fsp3) is 0.737. The molecule has 0 spiro atoms. The molecule has 0 N–H and O–H groups in total. The Hall–Kier alpha value is -1.13. The van der Waals surface area contributed by atoms with Crippen molar-refractivity contribution in [2.45, 2.75) is 58.0 Å². The van der Waals surface area contributed by atoms with Crippen LogP contribution in [0.15, 0.2) is 23.1 Å². The van der Waals surface area contributed by atoms with Crippen molar-refractivity contribution in [1.82, 2.24) is 9.47 Å². The molecule has 1 aromatic heterocycles. The molecule has 1 aromatic rings. The molecule has 0 radical (unpaired) electrons. The van der Waals surface area contributed by atoms with Gasteiger partial charge in [-0.15, -0.1) is 0 Å². The Morgan fingerprint density at radius 2 is 1.78 bits per heavy atom. The van der Waals surface area contributed by atoms with Gasteiger partial charge in [-0.3, -0.25) is 9.69 Å². The molecule has 1 aliphatic heterocycles. The number of pyridine rings is 1. The Bertz CT molecular complexity index is 553. The van der Waals surface area contributed by atoms with E-state index in [0.29, 0.717) is 18.0 Å². The average Bonchev–Trinajstić information content (AvgIpc) is 2.57. The lowest BCUT2D eigenvalue weighted by atomic mass is 9.89.